The molecule has 27 heavy (non-hydrogen) atoms. The molecule has 0 radical (unpaired) electrons. The van der Waals surface area contributed by atoms with Crippen molar-refractivity contribution in [1.29, 1.82) is 0 Å². The van der Waals surface area contributed by atoms with Gasteiger partial charge in [0.1, 0.15) is 0 Å². The summed E-state index contributed by atoms with van der Waals surface area (Å²) in [6.45, 7) is 4.41. The van der Waals surface area contributed by atoms with Gasteiger partial charge < -0.3 is 4.74 Å². The minimum absolute atomic E-state index is 0.0345. The zero-order valence-corrected chi connectivity index (χ0v) is 17.1. The van der Waals surface area contributed by atoms with Crippen LogP contribution in [0.5, 0.6) is 5.75 Å². The number of rotatable bonds is 7. The molecule has 3 rings (SSSR count). The van der Waals surface area contributed by atoms with Gasteiger partial charge in [-0.3, -0.25) is 0 Å². The van der Waals surface area contributed by atoms with E-state index in [0.29, 0.717) is 12.2 Å². The SMILES string of the molecule is CCCC[C@H]1CC[C@H](C2CCC(c3ccc(OCC)c(F)c3F)CC2)CC1. The van der Waals surface area contributed by atoms with Crippen LogP contribution in [-0.4, -0.2) is 6.61 Å². The number of halogens is 2. The molecule has 2 fully saturated rings. The van der Waals surface area contributed by atoms with E-state index in [9.17, 15) is 8.78 Å². The highest BCUT2D eigenvalue weighted by atomic mass is 19.2. The van der Waals surface area contributed by atoms with E-state index in [1.807, 2.05) is 0 Å². The van der Waals surface area contributed by atoms with Gasteiger partial charge in [0.2, 0.25) is 5.82 Å². The second-order valence-corrected chi connectivity index (χ2v) is 8.75. The summed E-state index contributed by atoms with van der Waals surface area (Å²) in [7, 11) is 0. The first kappa shape index (κ1) is 20.6. The van der Waals surface area contributed by atoms with E-state index in [1.165, 1.54) is 57.8 Å². The lowest BCUT2D eigenvalue weighted by atomic mass is 9.68. The van der Waals surface area contributed by atoms with Gasteiger partial charge in [-0.1, -0.05) is 45.1 Å². The Kier molecular flexibility index (Phi) is 7.55. The van der Waals surface area contributed by atoms with Crippen molar-refractivity contribution in [2.24, 2.45) is 17.8 Å². The van der Waals surface area contributed by atoms with Crippen LogP contribution in [0.3, 0.4) is 0 Å². The van der Waals surface area contributed by atoms with Crippen LogP contribution in [0.4, 0.5) is 8.78 Å². The summed E-state index contributed by atoms with van der Waals surface area (Å²) in [4.78, 5) is 0. The molecule has 2 aliphatic rings. The Bertz CT molecular complexity index is 584. The average molecular weight is 379 g/mol. The van der Waals surface area contributed by atoms with E-state index >= 15 is 0 Å². The van der Waals surface area contributed by atoms with Crippen LogP contribution in [0.2, 0.25) is 0 Å². The molecule has 3 heteroatoms. The van der Waals surface area contributed by atoms with Crippen LogP contribution in [-0.2, 0) is 0 Å². The summed E-state index contributed by atoms with van der Waals surface area (Å²) < 4.78 is 33.9. The van der Waals surface area contributed by atoms with Crippen molar-refractivity contribution in [1.82, 2.24) is 0 Å². The van der Waals surface area contributed by atoms with Gasteiger partial charge in [-0.05, 0) is 80.8 Å². The van der Waals surface area contributed by atoms with E-state index in [4.69, 9.17) is 4.74 Å². The fourth-order valence-electron chi connectivity index (χ4n) is 5.47. The summed E-state index contributed by atoms with van der Waals surface area (Å²) >= 11 is 0. The molecule has 1 aromatic rings. The maximum absolute atomic E-state index is 14.5. The van der Waals surface area contributed by atoms with Crippen LogP contribution < -0.4 is 4.74 Å². The van der Waals surface area contributed by atoms with Crippen molar-refractivity contribution in [2.45, 2.75) is 90.4 Å². The Morgan fingerprint density at radius 2 is 1.48 bits per heavy atom. The maximum Gasteiger partial charge on any atom is 0.200 e. The quantitative estimate of drug-likeness (QED) is 0.474. The van der Waals surface area contributed by atoms with Crippen molar-refractivity contribution >= 4 is 0 Å². The average Bonchev–Trinajstić information content (AvgIpc) is 2.71. The van der Waals surface area contributed by atoms with Crippen LogP contribution in [0.15, 0.2) is 12.1 Å². The van der Waals surface area contributed by atoms with Crippen LogP contribution >= 0.6 is 0 Å². The van der Waals surface area contributed by atoms with Crippen molar-refractivity contribution in [3.05, 3.63) is 29.3 Å². The van der Waals surface area contributed by atoms with Crippen LogP contribution in [0.25, 0.3) is 0 Å². The molecule has 0 atom stereocenters. The van der Waals surface area contributed by atoms with E-state index < -0.39 is 11.6 Å². The van der Waals surface area contributed by atoms with Gasteiger partial charge >= 0.3 is 0 Å². The fourth-order valence-corrected chi connectivity index (χ4v) is 5.47. The monoisotopic (exact) mass is 378 g/mol. The minimum Gasteiger partial charge on any atom is -0.491 e. The molecule has 152 valence electrons. The molecule has 0 unspecified atom stereocenters. The standard InChI is InChI=1S/C24H36F2O/c1-3-5-6-17-7-9-18(10-8-17)19-11-13-20(14-12-19)21-15-16-22(27-4-2)24(26)23(21)25/h15-20H,3-14H2,1-2H3/t17-,18-,19?,20?. The number of unbranched alkanes of at least 4 members (excludes halogenated alkanes) is 1. The third kappa shape index (κ3) is 5.03. The summed E-state index contributed by atoms with van der Waals surface area (Å²) in [5.74, 6) is 1.30. The molecule has 0 heterocycles. The normalized spacial score (nSPS) is 28.9. The predicted octanol–water partition coefficient (Wildman–Crippen LogP) is 7.63. The van der Waals surface area contributed by atoms with Crippen LogP contribution in [0, 0.1) is 29.4 Å². The van der Waals surface area contributed by atoms with Gasteiger partial charge in [0.05, 0.1) is 6.61 Å². The topological polar surface area (TPSA) is 9.23 Å². The van der Waals surface area contributed by atoms with Gasteiger partial charge in [0, 0.05) is 0 Å². The molecule has 2 aliphatic carbocycles. The highest BCUT2D eigenvalue weighted by Gasteiger charge is 2.32. The summed E-state index contributed by atoms with van der Waals surface area (Å²) in [6, 6.07) is 3.34. The summed E-state index contributed by atoms with van der Waals surface area (Å²) in [5.41, 5.74) is 0.553. The van der Waals surface area contributed by atoms with E-state index in [2.05, 4.69) is 6.92 Å². The summed E-state index contributed by atoms with van der Waals surface area (Å²) in [6.07, 6.45) is 14.0. The zero-order valence-electron chi connectivity index (χ0n) is 17.1. The van der Waals surface area contributed by atoms with Gasteiger partial charge in [-0.25, -0.2) is 4.39 Å². The van der Waals surface area contributed by atoms with Crippen molar-refractivity contribution < 1.29 is 13.5 Å². The molecule has 0 amide bonds. The van der Waals surface area contributed by atoms with Crippen molar-refractivity contribution in [2.75, 3.05) is 6.61 Å². The lowest BCUT2D eigenvalue weighted by Crippen LogP contribution is -2.25. The molecule has 0 N–H and O–H groups in total. The summed E-state index contributed by atoms with van der Waals surface area (Å²) in [5, 5.41) is 0. The second-order valence-electron chi connectivity index (χ2n) is 8.75. The molecule has 2 saturated carbocycles. The maximum atomic E-state index is 14.5. The minimum atomic E-state index is -0.818. The lowest BCUT2D eigenvalue weighted by molar-refractivity contribution is 0.155. The van der Waals surface area contributed by atoms with E-state index in [1.54, 1.807) is 19.1 Å². The first-order chi connectivity index (χ1) is 13.1. The van der Waals surface area contributed by atoms with Crippen molar-refractivity contribution in [3.63, 3.8) is 0 Å². The molecule has 1 aromatic carbocycles. The first-order valence-corrected chi connectivity index (χ1v) is 11.2. The van der Waals surface area contributed by atoms with E-state index in [0.717, 1.165) is 30.6 Å². The highest BCUT2D eigenvalue weighted by molar-refractivity contribution is 5.33. The molecule has 0 aliphatic heterocycles. The zero-order chi connectivity index (χ0) is 19.2. The van der Waals surface area contributed by atoms with Gasteiger partial charge in [0.15, 0.2) is 11.6 Å². The smallest absolute Gasteiger partial charge is 0.200 e. The molecule has 0 aromatic heterocycles. The van der Waals surface area contributed by atoms with Crippen molar-refractivity contribution in [3.8, 4) is 5.75 Å². The third-order valence-electron chi connectivity index (χ3n) is 7.11. The Labute approximate surface area is 163 Å². The predicted molar refractivity (Wildman–Crippen MR) is 107 cm³/mol. The highest BCUT2D eigenvalue weighted by Crippen LogP contribution is 2.45. The fraction of sp³-hybridized carbons (Fsp3) is 0.750. The Balaban J connectivity index is 1.52. The first-order valence-electron chi connectivity index (χ1n) is 11.2. The number of hydrogen-bond acceptors (Lipinski definition) is 1. The Hall–Kier alpha value is -1.12. The largest absolute Gasteiger partial charge is 0.491 e. The van der Waals surface area contributed by atoms with Gasteiger partial charge in [-0.2, -0.15) is 4.39 Å². The molecule has 1 nitrogen and oxygen atoms in total. The molecular formula is C24H36F2O. The molecule has 0 spiro atoms. The van der Waals surface area contributed by atoms with Gasteiger partial charge in [0.25, 0.3) is 0 Å². The van der Waals surface area contributed by atoms with E-state index in [-0.39, 0.29) is 11.7 Å². The molecule has 0 saturated heterocycles. The number of benzene rings is 1. The molecule has 0 bridgehead atoms. The molecular weight excluding hydrogens is 342 g/mol. The lowest BCUT2D eigenvalue weighted by Gasteiger charge is -2.38. The van der Waals surface area contributed by atoms with Crippen LogP contribution in [0.1, 0.15) is 96.0 Å². The number of ether oxygens (including phenoxy) is 1. The Morgan fingerprint density at radius 1 is 0.852 bits per heavy atom. The Morgan fingerprint density at radius 3 is 2.07 bits per heavy atom. The van der Waals surface area contributed by atoms with Gasteiger partial charge in [-0.15, -0.1) is 0 Å². The third-order valence-corrected chi connectivity index (χ3v) is 7.11. The number of hydrogen-bond donors (Lipinski definition) is 0. The second kappa shape index (κ2) is 9.89.